The fourth-order valence-corrected chi connectivity index (χ4v) is 2.88. The summed E-state index contributed by atoms with van der Waals surface area (Å²) in [6.45, 7) is 2.13. The Labute approximate surface area is 155 Å². The summed E-state index contributed by atoms with van der Waals surface area (Å²) in [7, 11) is 0. The van der Waals surface area contributed by atoms with E-state index in [1.54, 1.807) is 36.4 Å². The van der Waals surface area contributed by atoms with Gasteiger partial charge in [0.25, 0.3) is 5.69 Å². The molecule has 0 amide bonds. The van der Waals surface area contributed by atoms with E-state index in [0.29, 0.717) is 29.2 Å². The van der Waals surface area contributed by atoms with Crippen molar-refractivity contribution in [3.05, 3.63) is 74.9 Å². The lowest BCUT2D eigenvalue weighted by molar-refractivity contribution is -0.384. The fraction of sp³-hybridized carbons (Fsp3) is 0.158. The number of Topliss-reactive ketones (excluding diaryl/α,β-unsaturated/α-hetero) is 1. The number of rotatable bonds is 6. The number of fused-ring (bicyclic) bond motifs is 1. The van der Waals surface area contributed by atoms with Crippen molar-refractivity contribution in [2.75, 3.05) is 11.9 Å². The molecule has 0 saturated carbocycles. The molecule has 0 aliphatic heterocycles. The highest BCUT2D eigenvalue weighted by Crippen LogP contribution is 2.26. The topological polar surface area (TPSA) is 85.1 Å². The molecule has 1 N–H and O–H groups in total. The Kier molecular flexibility index (Phi) is 5.14. The molecule has 6 nitrogen and oxygen atoms in total. The number of nitrogens with zero attached hydrogens (tertiary/aromatic N) is 2. The van der Waals surface area contributed by atoms with Crippen molar-refractivity contribution in [1.29, 1.82) is 0 Å². The third-order valence-corrected chi connectivity index (χ3v) is 4.25. The van der Waals surface area contributed by atoms with Crippen LogP contribution in [0.2, 0.25) is 5.15 Å². The fourth-order valence-electron chi connectivity index (χ4n) is 2.68. The summed E-state index contributed by atoms with van der Waals surface area (Å²) in [5, 5.41) is 15.2. The minimum absolute atomic E-state index is 0.0151. The number of carbonyl (C=O) groups excluding carboxylic acids is 1. The molecule has 0 radical (unpaired) electrons. The van der Waals surface area contributed by atoms with Gasteiger partial charge in [-0.05, 0) is 43.2 Å². The molecule has 0 aliphatic rings. The van der Waals surface area contributed by atoms with Gasteiger partial charge in [0.1, 0.15) is 5.15 Å². The highest BCUT2D eigenvalue weighted by Gasteiger charge is 2.09. The van der Waals surface area contributed by atoms with E-state index in [2.05, 4.69) is 10.3 Å². The molecule has 0 spiro atoms. The third kappa shape index (κ3) is 3.97. The number of nitro groups is 1. The lowest BCUT2D eigenvalue weighted by Gasteiger charge is -2.11. The number of nitrogens with one attached hydrogen (secondary N) is 1. The van der Waals surface area contributed by atoms with Crippen molar-refractivity contribution in [2.45, 2.75) is 13.3 Å². The summed E-state index contributed by atoms with van der Waals surface area (Å²) < 4.78 is 0. The van der Waals surface area contributed by atoms with Gasteiger partial charge in [-0.2, -0.15) is 0 Å². The van der Waals surface area contributed by atoms with E-state index in [0.717, 1.165) is 16.6 Å². The molecular formula is C19H16ClN3O3. The highest BCUT2D eigenvalue weighted by molar-refractivity contribution is 6.30. The van der Waals surface area contributed by atoms with E-state index >= 15 is 0 Å². The first-order valence-electron chi connectivity index (χ1n) is 8.02. The molecule has 0 bridgehead atoms. The molecule has 0 atom stereocenters. The van der Waals surface area contributed by atoms with Crippen LogP contribution in [0.15, 0.2) is 48.5 Å². The second-order valence-electron chi connectivity index (χ2n) is 5.88. The minimum atomic E-state index is -0.417. The number of aromatic nitrogens is 1. The van der Waals surface area contributed by atoms with Crippen molar-refractivity contribution in [2.24, 2.45) is 0 Å². The van der Waals surface area contributed by atoms with Crippen LogP contribution in [0, 0.1) is 10.1 Å². The van der Waals surface area contributed by atoms with Crippen molar-refractivity contribution in [1.82, 2.24) is 4.98 Å². The van der Waals surface area contributed by atoms with E-state index in [9.17, 15) is 14.9 Å². The molecule has 1 aromatic heterocycles. The van der Waals surface area contributed by atoms with Gasteiger partial charge in [-0.3, -0.25) is 14.9 Å². The Morgan fingerprint density at radius 1 is 1.19 bits per heavy atom. The average Bonchev–Trinajstić information content (AvgIpc) is 2.61. The van der Waals surface area contributed by atoms with Crippen LogP contribution >= 0.6 is 11.6 Å². The van der Waals surface area contributed by atoms with Crippen LogP contribution in [-0.4, -0.2) is 22.2 Å². The third-order valence-electron chi connectivity index (χ3n) is 4.06. The maximum atomic E-state index is 11.6. The van der Waals surface area contributed by atoms with Crippen LogP contribution in [0.5, 0.6) is 0 Å². The molecule has 0 aliphatic carbocycles. The molecule has 132 valence electrons. The van der Waals surface area contributed by atoms with Crippen LogP contribution in [-0.2, 0) is 6.42 Å². The quantitative estimate of drug-likeness (QED) is 0.296. The number of halogens is 1. The lowest BCUT2D eigenvalue weighted by Crippen LogP contribution is -2.06. The van der Waals surface area contributed by atoms with Crippen LogP contribution in [0.25, 0.3) is 10.9 Å². The first-order chi connectivity index (χ1) is 12.4. The number of ketones is 1. The Morgan fingerprint density at radius 2 is 1.92 bits per heavy atom. The maximum absolute atomic E-state index is 11.6. The largest absolute Gasteiger partial charge is 0.384 e. The van der Waals surface area contributed by atoms with Crippen LogP contribution in [0.4, 0.5) is 11.4 Å². The number of carbonyl (C=O) groups is 1. The number of hydrogen-bond acceptors (Lipinski definition) is 5. The van der Waals surface area contributed by atoms with Crippen molar-refractivity contribution in [3.63, 3.8) is 0 Å². The summed E-state index contributed by atoms with van der Waals surface area (Å²) in [5.74, 6) is -0.0151. The van der Waals surface area contributed by atoms with Crippen molar-refractivity contribution >= 4 is 39.7 Å². The maximum Gasteiger partial charge on any atom is 0.269 e. The van der Waals surface area contributed by atoms with Gasteiger partial charge in [0, 0.05) is 35.3 Å². The number of hydrogen-bond donors (Lipinski definition) is 1. The monoisotopic (exact) mass is 369 g/mol. The number of benzene rings is 2. The van der Waals surface area contributed by atoms with E-state index < -0.39 is 4.92 Å². The normalized spacial score (nSPS) is 10.7. The zero-order valence-electron chi connectivity index (χ0n) is 14.0. The predicted molar refractivity (Wildman–Crippen MR) is 102 cm³/mol. The van der Waals surface area contributed by atoms with Gasteiger partial charge < -0.3 is 5.32 Å². The van der Waals surface area contributed by atoms with Crippen LogP contribution in [0.3, 0.4) is 0 Å². The molecule has 3 aromatic rings. The first-order valence-corrected chi connectivity index (χ1v) is 8.40. The SMILES string of the molecule is CC(=O)c1ccc2nc(Cl)cc(NCCc3ccc([N+](=O)[O-])cc3)c2c1. The molecule has 2 aromatic carbocycles. The lowest BCUT2D eigenvalue weighted by atomic mass is 10.1. The minimum Gasteiger partial charge on any atom is -0.384 e. The average molecular weight is 370 g/mol. The van der Waals surface area contributed by atoms with Gasteiger partial charge in [0.15, 0.2) is 5.78 Å². The standard InChI is InChI=1S/C19H16ClN3O3/c1-12(24)14-4-7-17-16(10-14)18(11-19(20)22-17)21-9-8-13-2-5-15(6-3-13)23(25)26/h2-7,10-11H,8-9H2,1H3,(H,21,22). The molecule has 0 fully saturated rings. The predicted octanol–water partition coefficient (Wildman–Crippen LogP) is 4.65. The number of pyridine rings is 1. The number of nitro benzene ring substituents is 1. The number of non-ortho nitro benzene ring substituents is 1. The summed E-state index contributed by atoms with van der Waals surface area (Å²) in [6, 6.07) is 13.5. The summed E-state index contributed by atoms with van der Waals surface area (Å²) in [5.41, 5.74) is 3.17. The van der Waals surface area contributed by atoms with E-state index in [1.165, 1.54) is 19.1 Å². The Morgan fingerprint density at radius 3 is 2.58 bits per heavy atom. The smallest absolute Gasteiger partial charge is 0.269 e. The molecule has 1 heterocycles. The molecule has 7 heteroatoms. The molecular weight excluding hydrogens is 354 g/mol. The van der Waals surface area contributed by atoms with E-state index in [4.69, 9.17) is 11.6 Å². The molecule has 0 saturated heterocycles. The van der Waals surface area contributed by atoms with Gasteiger partial charge >= 0.3 is 0 Å². The highest BCUT2D eigenvalue weighted by atomic mass is 35.5. The van der Waals surface area contributed by atoms with E-state index in [-0.39, 0.29) is 11.5 Å². The van der Waals surface area contributed by atoms with Gasteiger partial charge in [-0.25, -0.2) is 4.98 Å². The molecule has 0 unspecified atom stereocenters. The van der Waals surface area contributed by atoms with E-state index in [1.807, 2.05) is 0 Å². The van der Waals surface area contributed by atoms with Gasteiger partial charge in [0.2, 0.25) is 0 Å². The van der Waals surface area contributed by atoms with Gasteiger partial charge in [-0.15, -0.1) is 0 Å². The summed E-state index contributed by atoms with van der Waals surface area (Å²) in [6.07, 6.45) is 0.686. The summed E-state index contributed by atoms with van der Waals surface area (Å²) in [4.78, 5) is 26.2. The Bertz CT molecular complexity index is 987. The zero-order chi connectivity index (χ0) is 18.7. The first kappa shape index (κ1) is 17.8. The van der Waals surface area contributed by atoms with Crippen LogP contribution < -0.4 is 5.32 Å². The summed E-state index contributed by atoms with van der Waals surface area (Å²) >= 11 is 6.09. The molecule has 3 rings (SSSR count). The number of anilines is 1. The Balaban J connectivity index is 1.78. The van der Waals surface area contributed by atoms with Crippen LogP contribution in [0.1, 0.15) is 22.8 Å². The second-order valence-corrected chi connectivity index (χ2v) is 6.27. The molecule has 26 heavy (non-hydrogen) atoms. The van der Waals surface area contributed by atoms with Crippen molar-refractivity contribution < 1.29 is 9.72 Å². The van der Waals surface area contributed by atoms with Gasteiger partial charge in [-0.1, -0.05) is 23.7 Å². The van der Waals surface area contributed by atoms with Crippen molar-refractivity contribution in [3.8, 4) is 0 Å². The Hall–Kier alpha value is -2.99. The van der Waals surface area contributed by atoms with Gasteiger partial charge in [0.05, 0.1) is 10.4 Å². The second kappa shape index (κ2) is 7.49. The zero-order valence-corrected chi connectivity index (χ0v) is 14.8.